The first-order valence-electron chi connectivity index (χ1n) is 5.48. The van der Waals surface area contributed by atoms with Crippen LogP contribution in [0.2, 0.25) is 0 Å². The minimum absolute atomic E-state index is 0.259. The Morgan fingerprint density at radius 3 is 2.78 bits per heavy atom. The molecule has 1 aromatic heterocycles. The quantitative estimate of drug-likeness (QED) is 0.882. The van der Waals surface area contributed by atoms with Crippen LogP contribution in [0.5, 0.6) is 11.5 Å². The molecule has 0 fully saturated rings. The van der Waals surface area contributed by atoms with Crippen molar-refractivity contribution in [2.45, 2.75) is 13.1 Å². The lowest BCUT2D eigenvalue weighted by Gasteiger charge is -2.07. The zero-order valence-corrected chi connectivity index (χ0v) is 12.3. The lowest BCUT2D eigenvalue weighted by Crippen LogP contribution is -2.11. The summed E-state index contributed by atoms with van der Waals surface area (Å²) in [6.07, 6.45) is 0. The number of hydrogen-bond acceptors (Lipinski definition) is 4. The van der Waals surface area contributed by atoms with Gasteiger partial charge in [0, 0.05) is 39.4 Å². The number of phenolic OH excluding ortho intramolecular Hbond substituents is 1. The monoisotopic (exact) mass is 327 g/mol. The number of hydrogen-bond donors (Lipinski definition) is 2. The van der Waals surface area contributed by atoms with E-state index in [0.29, 0.717) is 12.3 Å². The van der Waals surface area contributed by atoms with Crippen molar-refractivity contribution in [2.75, 3.05) is 7.11 Å². The molecule has 0 unspecified atom stereocenters. The average molecular weight is 328 g/mol. The molecule has 0 atom stereocenters. The first kappa shape index (κ1) is 13.4. The number of methoxy groups -OCH3 is 1. The van der Waals surface area contributed by atoms with Crippen molar-refractivity contribution >= 4 is 27.3 Å². The smallest absolute Gasteiger partial charge is 0.123 e. The van der Waals surface area contributed by atoms with Gasteiger partial charge in [0.2, 0.25) is 0 Å². The maximum absolute atomic E-state index is 9.80. The van der Waals surface area contributed by atoms with Crippen LogP contribution in [0, 0.1) is 0 Å². The van der Waals surface area contributed by atoms with E-state index >= 15 is 0 Å². The van der Waals surface area contributed by atoms with Crippen molar-refractivity contribution in [2.24, 2.45) is 0 Å². The van der Waals surface area contributed by atoms with Crippen LogP contribution in [0.3, 0.4) is 0 Å². The van der Waals surface area contributed by atoms with Crippen LogP contribution in [0.1, 0.15) is 10.4 Å². The fourth-order valence-corrected chi connectivity index (χ4v) is 3.01. The summed E-state index contributed by atoms with van der Waals surface area (Å²) >= 11 is 5.13. The van der Waals surface area contributed by atoms with Crippen LogP contribution >= 0.6 is 27.3 Å². The molecule has 1 heterocycles. The summed E-state index contributed by atoms with van der Waals surface area (Å²) < 4.78 is 6.15. The summed E-state index contributed by atoms with van der Waals surface area (Å²) in [5.74, 6) is 0.924. The Bertz CT molecular complexity index is 527. The molecule has 0 radical (unpaired) electrons. The molecule has 0 saturated heterocycles. The highest BCUT2D eigenvalue weighted by atomic mass is 79.9. The molecular formula is C13H14BrNO2S. The molecule has 0 amide bonds. The van der Waals surface area contributed by atoms with Gasteiger partial charge in [-0.3, -0.25) is 0 Å². The Kier molecular flexibility index (Phi) is 4.63. The highest BCUT2D eigenvalue weighted by molar-refractivity contribution is 9.10. The molecule has 0 aliphatic heterocycles. The first-order chi connectivity index (χ1) is 8.69. The Labute approximate surface area is 119 Å². The van der Waals surface area contributed by atoms with E-state index in [9.17, 15) is 5.11 Å². The molecule has 3 nitrogen and oxygen atoms in total. The van der Waals surface area contributed by atoms with Gasteiger partial charge in [-0.15, -0.1) is 11.3 Å². The molecule has 2 aromatic rings. The van der Waals surface area contributed by atoms with Gasteiger partial charge in [-0.2, -0.15) is 0 Å². The van der Waals surface area contributed by atoms with Crippen LogP contribution in [0.15, 0.2) is 34.1 Å². The van der Waals surface area contributed by atoms with Gasteiger partial charge in [0.25, 0.3) is 0 Å². The maximum Gasteiger partial charge on any atom is 0.123 e. The van der Waals surface area contributed by atoms with Gasteiger partial charge in [-0.1, -0.05) is 6.07 Å². The van der Waals surface area contributed by atoms with Crippen LogP contribution < -0.4 is 10.1 Å². The Hall–Kier alpha value is -1.04. The summed E-state index contributed by atoms with van der Waals surface area (Å²) in [4.78, 5) is 1.26. The second kappa shape index (κ2) is 6.22. The fourth-order valence-electron chi connectivity index (χ4n) is 1.59. The van der Waals surface area contributed by atoms with Crippen LogP contribution in [0.25, 0.3) is 0 Å². The Morgan fingerprint density at radius 2 is 2.17 bits per heavy atom. The topological polar surface area (TPSA) is 41.5 Å². The van der Waals surface area contributed by atoms with Gasteiger partial charge in [0.05, 0.1) is 7.11 Å². The van der Waals surface area contributed by atoms with Crippen molar-refractivity contribution in [1.29, 1.82) is 0 Å². The van der Waals surface area contributed by atoms with Gasteiger partial charge in [-0.25, -0.2) is 0 Å². The standard InChI is InChI=1S/C13H14BrNO2S/c1-17-11-3-2-9(13(16)5-11)6-15-7-12-4-10(14)8-18-12/h2-5,8,15-16H,6-7H2,1H3. The summed E-state index contributed by atoms with van der Waals surface area (Å²) in [5, 5.41) is 15.2. The summed E-state index contributed by atoms with van der Waals surface area (Å²) in [6.45, 7) is 1.42. The zero-order valence-electron chi connectivity index (χ0n) is 9.94. The van der Waals surface area contributed by atoms with E-state index in [1.807, 2.05) is 12.1 Å². The molecule has 0 aliphatic carbocycles. The third-order valence-corrected chi connectivity index (χ3v) is 4.23. The fraction of sp³-hybridized carbons (Fsp3) is 0.231. The SMILES string of the molecule is COc1ccc(CNCc2cc(Br)cs2)c(O)c1. The largest absolute Gasteiger partial charge is 0.507 e. The Morgan fingerprint density at radius 1 is 1.33 bits per heavy atom. The molecule has 0 spiro atoms. The molecule has 18 heavy (non-hydrogen) atoms. The van der Waals surface area contributed by atoms with Crippen molar-refractivity contribution < 1.29 is 9.84 Å². The molecule has 1 aromatic carbocycles. The van der Waals surface area contributed by atoms with Gasteiger partial charge < -0.3 is 15.2 Å². The van der Waals surface area contributed by atoms with E-state index in [1.54, 1.807) is 24.5 Å². The minimum atomic E-state index is 0.259. The summed E-state index contributed by atoms with van der Waals surface area (Å²) in [6, 6.07) is 7.42. The average Bonchev–Trinajstić information content (AvgIpc) is 2.77. The van der Waals surface area contributed by atoms with Gasteiger partial charge >= 0.3 is 0 Å². The number of ether oxygens (including phenoxy) is 1. The molecule has 0 saturated carbocycles. The number of halogens is 1. The van der Waals surface area contributed by atoms with Gasteiger partial charge in [-0.05, 0) is 28.1 Å². The highest BCUT2D eigenvalue weighted by Gasteiger charge is 2.03. The van der Waals surface area contributed by atoms with Crippen molar-refractivity contribution in [3.8, 4) is 11.5 Å². The van der Waals surface area contributed by atoms with E-state index in [2.05, 4.69) is 32.7 Å². The van der Waals surface area contributed by atoms with Crippen molar-refractivity contribution in [3.05, 3.63) is 44.6 Å². The third kappa shape index (κ3) is 3.48. The Balaban J connectivity index is 1.90. The number of aromatic hydroxyl groups is 1. The second-order valence-corrected chi connectivity index (χ2v) is 5.74. The van der Waals surface area contributed by atoms with Gasteiger partial charge in [0.15, 0.2) is 0 Å². The predicted molar refractivity (Wildman–Crippen MR) is 77.2 cm³/mol. The maximum atomic E-state index is 9.80. The molecule has 0 aliphatic rings. The van der Waals surface area contributed by atoms with E-state index in [0.717, 1.165) is 16.6 Å². The highest BCUT2D eigenvalue weighted by Crippen LogP contribution is 2.23. The van der Waals surface area contributed by atoms with Crippen molar-refractivity contribution in [1.82, 2.24) is 5.32 Å². The third-order valence-electron chi connectivity index (χ3n) is 2.53. The van der Waals surface area contributed by atoms with E-state index in [1.165, 1.54) is 4.88 Å². The lowest BCUT2D eigenvalue weighted by atomic mass is 10.2. The summed E-state index contributed by atoms with van der Waals surface area (Å²) in [5.41, 5.74) is 0.867. The van der Waals surface area contributed by atoms with Crippen LogP contribution in [-0.2, 0) is 13.1 Å². The van der Waals surface area contributed by atoms with E-state index in [-0.39, 0.29) is 5.75 Å². The number of benzene rings is 1. The van der Waals surface area contributed by atoms with Crippen LogP contribution in [-0.4, -0.2) is 12.2 Å². The summed E-state index contributed by atoms with van der Waals surface area (Å²) in [7, 11) is 1.58. The normalized spacial score (nSPS) is 10.6. The van der Waals surface area contributed by atoms with E-state index in [4.69, 9.17) is 4.74 Å². The molecule has 0 bridgehead atoms. The predicted octanol–water partition coefficient (Wildman–Crippen LogP) is 3.51. The molecule has 5 heteroatoms. The van der Waals surface area contributed by atoms with Crippen molar-refractivity contribution in [3.63, 3.8) is 0 Å². The number of phenols is 1. The molecule has 2 N–H and O–H groups in total. The number of thiophene rings is 1. The molecule has 96 valence electrons. The second-order valence-electron chi connectivity index (χ2n) is 3.83. The molecular weight excluding hydrogens is 314 g/mol. The number of nitrogens with one attached hydrogen (secondary N) is 1. The number of rotatable bonds is 5. The van der Waals surface area contributed by atoms with Gasteiger partial charge in [0.1, 0.15) is 11.5 Å². The lowest BCUT2D eigenvalue weighted by molar-refractivity contribution is 0.406. The zero-order chi connectivity index (χ0) is 13.0. The minimum Gasteiger partial charge on any atom is -0.507 e. The molecule has 2 rings (SSSR count). The first-order valence-corrected chi connectivity index (χ1v) is 7.16. The van der Waals surface area contributed by atoms with E-state index < -0.39 is 0 Å². The van der Waals surface area contributed by atoms with Crippen LogP contribution in [0.4, 0.5) is 0 Å².